The van der Waals surface area contributed by atoms with Crippen LogP contribution in [0.25, 0.3) is 10.8 Å². The molecule has 11 heteroatoms. The third-order valence-electron chi connectivity index (χ3n) is 6.75. The molecule has 0 aliphatic rings. The summed E-state index contributed by atoms with van der Waals surface area (Å²) in [5.41, 5.74) is 1.13. The highest BCUT2D eigenvalue weighted by Gasteiger charge is 2.31. The number of nitrogens with zero attached hydrogens (tertiary/aromatic N) is 1. The van der Waals surface area contributed by atoms with Crippen LogP contribution in [0.1, 0.15) is 44.5 Å². The van der Waals surface area contributed by atoms with Gasteiger partial charge in [0.25, 0.3) is 5.56 Å². The second-order valence-corrected chi connectivity index (χ2v) is 11.8. The maximum atomic E-state index is 14.2. The van der Waals surface area contributed by atoms with Gasteiger partial charge in [0.2, 0.25) is 0 Å². The lowest BCUT2D eigenvalue weighted by atomic mass is 10.1. The van der Waals surface area contributed by atoms with E-state index in [-0.39, 0.29) is 19.3 Å². The Hall–Kier alpha value is -3.53. The summed E-state index contributed by atoms with van der Waals surface area (Å²) in [5.74, 6) is 0.416. The molecule has 0 radical (unpaired) electrons. The normalized spacial score (nSPS) is 15.1. The fraction of sp³-hybridized carbons (Fsp3) is 0.355. The van der Waals surface area contributed by atoms with Crippen LogP contribution >= 0.6 is 7.75 Å². The van der Waals surface area contributed by atoms with Crippen LogP contribution in [0, 0.1) is 6.92 Å². The summed E-state index contributed by atoms with van der Waals surface area (Å²) >= 11 is 0. The van der Waals surface area contributed by atoms with Gasteiger partial charge in [-0.1, -0.05) is 67.6 Å². The Morgan fingerprint density at radius 1 is 0.952 bits per heavy atom. The molecule has 0 saturated heterocycles. The maximum Gasteiger partial charge on any atom is 0.459 e. The standard InChI is InChI=1S/C31H38N3O7P/c1-5-27(40-24(4)34-18-17-30(35)32-31(34)36)21-39-42(37,41-29-16-10-14-25-12-8-9-15-28(25)29)33-23(3)19-38-20-26-13-7-6-11-22(26)2/h6-18,23-24,27H,5,19-21H2,1-4H3,(H,33,37)(H,32,35,36). The van der Waals surface area contributed by atoms with Crippen LogP contribution in [0.2, 0.25) is 0 Å². The Balaban J connectivity index is 1.48. The molecule has 224 valence electrons. The van der Waals surface area contributed by atoms with Gasteiger partial charge < -0.3 is 14.0 Å². The highest BCUT2D eigenvalue weighted by molar-refractivity contribution is 7.52. The molecule has 4 rings (SSSR count). The Labute approximate surface area is 245 Å². The predicted octanol–water partition coefficient (Wildman–Crippen LogP) is 5.71. The second-order valence-electron chi connectivity index (χ2n) is 10.1. The molecular formula is C31H38N3O7P. The van der Waals surface area contributed by atoms with Crippen molar-refractivity contribution < 1.29 is 23.1 Å². The van der Waals surface area contributed by atoms with Gasteiger partial charge >= 0.3 is 13.4 Å². The number of hydrogen-bond acceptors (Lipinski definition) is 7. The maximum absolute atomic E-state index is 14.2. The van der Waals surface area contributed by atoms with E-state index in [1.54, 1.807) is 13.0 Å². The lowest BCUT2D eigenvalue weighted by Crippen LogP contribution is -2.34. The van der Waals surface area contributed by atoms with Crippen molar-refractivity contribution in [3.8, 4) is 5.75 Å². The van der Waals surface area contributed by atoms with E-state index in [2.05, 4.69) is 10.1 Å². The Bertz CT molecular complexity index is 1630. The molecule has 1 aromatic heterocycles. The van der Waals surface area contributed by atoms with Gasteiger partial charge in [0.1, 0.15) is 12.0 Å². The van der Waals surface area contributed by atoms with Crippen molar-refractivity contribution in [1.82, 2.24) is 14.6 Å². The van der Waals surface area contributed by atoms with E-state index in [4.69, 9.17) is 18.5 Å². The fourth-order valence-electron chi connectivity index (χ4n) is 4.41. The Morgan fingerprint density at radius 3 is 2.45 bits per heavy atom. The van der Waals surface area contributed by atoms with Crippen LogP contribution in [-0.2, 0) is 25.2 Å². The van der Waals surface area contributed by atoms with Crippen LogP contribution in [-0.4, -0.2) is 34.9 Å². The molecule has 3 aromatic carbocycles. The Morgan fingerprint density at radius 2 is 1.69 bits per heavy atom. The zero-order valence-corrected chi connectivity index (χ0v) is 25.2. The smallest absolute Gasteiger partial charge is 0.413 e. The predicted molar refractivity (Wildman–Crippen MR) is 163 cm³/mol. The van der Waals surface area contributed by atoms with Gasteiger partial charge in [0.15, 0.2) is 0 Å². The van der Waals surface area contributed by atoms with Gasteiger partial charge in [0.05, 0.1) is 25.9 Å². The van der Waals surface area contributed by atoms with Crippen LogP contribution in [0.5, 0.6) is 5.75 Å². The van der Waals surface area contributed by atoms with E-state index in [1.165, 1.54) is 16.8 Å². The molecule has 4 aromatic rings. The van der Waals surface area contributed by atoms with Crippen LogP contribution in [0.15, 0.2) is 88.6 Å². The third kappa shape index (κ3) is 8.50. The number of rotatable bonds is 15. The summed E-state index contributed by atoms with van der Waals surface area (Å²) in [6.45, 7) is 8.05. The van der Waals surface area contributed by atoms with Crippen molar-refractivity contribution in [2.75, 3.05) is 13.2 Å². The molecule has 4 unspecified atom stereocenters. The summed E-state index contributed by atoms with van der Waals surface area (Å²) in [6, 6.07) is 22.0. The van der Waals surface area contributed by atoms with Crippen molar-refractivity contribution in [2.45, 2.75) is 59.1 Å². The number of ether oxygens (including phenoxy) is 2. The quantitative estimate of drug-likeness (QED) is 0.168. The van der Waals surface area contributed by atoms with Crippen molar-refractivity contribution in [2.24, 2.45) is 0 Å². The minimum atomic E-state index is -3.95. The minimum absolute atomic E-state index is 0.0786. The monoisotopic (exact) mass is 595 g/mol. The highest BCUT2D eigenvalue weighted by Crippen LogP contribution is 2.47. The average molecular weight is 596 g/mol. The molecular weight excluding hydrogens is 557 g/mol. The average Bonchev–Trinajstić information content (AvgIpc) is 2.96. The topological polar surface area (TPSA) is 121 Å². The molecule has 0 bridgehead atoms. The van der Waals surface area contributed by atoms with E-state index in [0.717, 1.165) is 21.9 Å². The number of nitrogens with one attached hydrogen (secondary N) is 2. The van der Waals surface area contributed by atoms with Gasteiger partial charge in [-0.25, -0.2) is 14.4 Å². The van der Waals surface area contributed by atoms with Crippen molar-refractivity contribution in [1.29, 1.82) is 0 Å². The molecule has 2 N–H and O–H groups in total. The number of fused-ring (bicyclic) bond motifs is 1. The summed E-state index contributed by atoms with van der Waals surface area (Å²) in [6.07, 6.45) is 0.639. The van der Waals surface area contributed by atoms with E-state index in [9.17, 15) is 14.2 Å². The zero-order chi connectivity index (χ0) is 30.1. The third-order valence-corrected chi connectivity index (χ3v) is 8.43. The molecule has 0 aliphatic carbocycles. The molecule has 0 fully saturated rings. The van der Waals surface area contributed by atoms with Gasteiger partial charge in [-0.05, 0) is 49.8 Å². The first-order chi connectivity index (χ1) is 20.2. The highest BCUT2D eigenvalue weighted by atomic mass is 31.2. The van der Waals surface area contributed by atoms with E-state index in [1.807, 2.05) is 81.4 Å². The summed E-state index contributed by atoms with van der Waals surface area (Å²) < 4.78 is 39.5. The molecule has 42 heavy (non-hydrogen) atoms. The number of aromatic nitrogens is 2. The van der Waals surface area contributed by atoms with E-state index < -0.39 is 31.3 Å². The number of H-pyrrole nitrogens is 1. The van der Waals surface area contributed by atoms with Gasteiger partial charge in [-0.3, -0.25) is 18.9 Å². The zero-order valence-electron chi connectivity index (χ0n) is 24.3. The largest absolute Gasteiger partial charge is 0.459 e. The molecule has 0 aliphatic heterocycles. The number of aromatic amines is 1. The molecule has 10 nitrogen and oxygen atoms in total. The van der Waals surface area contributed by atoms with Gasteiger partial charge in [-0.15, -0.1) is 0 Å². The number of aryl methyl sites for hydroxylation is 1. The molecule has 1 heterocycles. The van der Waals surface area contributed by atoms with E-state index >= 15 is 0 Å². The lowest BCUT2D eigenvalue weighted by Gasteiger charge is -2.27. The Kier molecular flexibility index (Phi) is 10.9. The van der Waals surface area contributed by atoms with Gasteiger partial charge in [-0.2, -0.15) is 0 Å². The SMILES string of the molecule is CCC(COP(=O)(NC(C)COCc1ccccc1C)Oc1cccc2ccccc12)OC(C)n1ccc(=O)[nH]c1=O. The van der Waals surface area contributed by atoms with Crippen molar-refractivity contribution in [3.05, 3.63) is 111 Å². The fourth-order valence-corrected chi connectivity index (χ4v) is 5.99. The van der Waals surface area contributed by atoms with Crippen LogP contribution < -0.4 is 20.9 Å². The summed E-state index contributed by atoms with van der Waals surface area (Å²) in [7, 11) is -3.95. The summed E-state index contributed by atoms with van der Waals surface area (Å²) in [5, 5.41) is 4.75. The van der Waals surface area contributed by atoms with Crippen molar-refractivity contribution in [3.63, 3.8) is 0 Å². The van der Waals surface area contributed by atoms with E-state index in [0.29, 0.717) is 18.8 Å². The van der Waals surface area contributed by atoms with Crippen molar-refractivity contribution >= 4 is 18.5 Å². The minimum Gasteiger partial charge on any atom is -0.413 e. The summed E-state index contributed by atoms with van der Waals surface area (Å²) in [4.78, 5) is 25.9. The number of hydrogen-bond donors (Lipinski definition) is 2. The number of benzene rings is 3. The first-order valence-corrected chi connectivity index (χ1v) is 15.5. The first kappa shape index (κ1) is 31.4. The lowest BCUT2D eigenvalue weighted by molar-refractivity contribution is -0.0654. The molecule has 4 atom stereocenters. The second kappa shape index (κ2) is 14.6. The molecule has 0 amide bonds. The molecule has 0 spiro atoms. The van der Waals surface area contributed by atoms with Gasteiger partial charge in [0, 0.05) is 23.7 Å². The van der Waals surface area contributed by atoms with Crippen LogP contribution in [0.4, 0.5) is 0 Å². The molecule has 0 saturated carbocycles. The first-order valence-electron chi connectivity index (χ1n) is 14.0. The van der Waals surface area contributed by atoms with Crippen LogP contribution in [0.3, 0.4) is 0 Å².